The van der Waals surface area contributed by atoms with E-state index in [4.69, 9.17) is 5.73 Å². The summed E-state index contributed by atoms with van der Waals surface area (Å²) in [6.45, 7) is 0.453. The van der Waals surface area contributed by atoms with Crippen molar-refractivity contribution in [3.8, 4) is 11.1 Å². The third kappa shape index (κ3) is 4.40. The van der Waals surface area contributed by atoms with Crippen molar-refractivity contribution in [3.05, 3.63) is 54.7 Å². The SMILES string of the molecule is NC(=O)CCNc1nc(Nc2cccc(-c3cncnc3)c2)ncc1C1CC1. The van der Waals surface area contributed by atoms with Crippen molar-refractivity contribution in [2.75, 3.05) is 17.2 Å². The normalized spacial score (nSPS) is 13.1. The number of amides is 1. The lowest BCUT2D eigenvalue weighted by atomic mass is 10.1. The summed E-state index contributed by atoms with van der Waals surface area (Å²) in [6.07, 6.45) is 9.45. The van der Waals surface area contributed by atoms with Crippen LogP contribution >= 0.6 is 0 Å². The molecule has 1 aromatic carbocycles. The summed E-state index contributed by atoms with van der Waals surface area (Å²) in [5.74, 6) is 1.41. The molecule has 28 heavy (non-hydrogen) atoms. The number of nitrogens with zero attached hydrogens (tertiary/aromatic N) is 4. The number of hydrogen-bond acceptors (Lipinski definition) is 7. The Hall–Kier alpha value is -3.55. The van der Waals surface area contributed by atoms with Gasteiger partial charge in [-0.25, -0.2) is 15.0 Å². The molecule has 8 heteroatoms. The molecule has 0 atom stereocenters. The second-order valence-electron chi connectivity index (χ2n) is 6.75. The van der Waals surface area contributed by atoms with Gasteiger partial charge in [0.15, 0.2) is 0 Å². The van der Waals surface area contributed by atoms with E-state index in [0.717, 1.165) is 41.0 Å². The van der Waals surface area contributed by atoms with Crippen LogP contribution in [0.3, 0.4) is 0 Å². The van der Waals surface area contributed by atoms with Crippen molar-refractivity contribution in [2.24, 2.45) is 5.73 Å². The number of carbonyl (C=O) groups excluding carboxylic acids is 1. The molecule has 1 aliphatic rings. The highest BCUT2D eigenvalue weighted by Gasteiger charge is 2.27. The zero-order valence-corrected chi connectivity index (χ0v) is 15.3. The third-order valence-corrected chi connectivity index (χ3v) is 4.51. The lowest BCUT2D eigenvalue weighted by Crippen LogP contribution is -2.17. The molecule has 0 radical (unpaired) electrons. The first-order chi connectivity index (χ1) is 13.7. The van der Waals surface area contributed by atoms with Crippen LogP contribution in [0.5, 0.6) is 0 Å². The molecule has 0 unspecified atom stereocenters. The Bertz CT molecular complexity index is 973. The molecule has 4 rings (SSSR count). The minimum atomic E-state index is -0.338. The lowest BCUT2D eigenvalue weighted by molar-refractivity contribution is -0.117. The Morgan fingerprint density at radius 1 is 1.14 bits per heavy atom. The molecular formula is C20H21N7O. The van der Waals surface area contributed by atoms with Crippen molar-refractivity contribution in [1.82, 2.24) is 19.9 Å². The van der Waals surface area contributed by atoms with Gasteiger partial charge in [-0.05, 0) is 36.5 Å². The molecule has 1 fully saturated rings. The lowest BCUT2D eigenvalue weighted by Gasteiger charge is -2.13. The van der Waals surface area contributed by atoms with Crippen LogP contribution in [0, 0.1) is 0 Å². The summed E-state index contributed by atoms with van der Waals surface area (Å²) in [5.41, 5.74) is 9.12. The standard InChI is InChI=1S/C20H21N7O/c21-18(28)6-7-24-19-17(13-4-5-13)11-25-20(27-19)26-16-3-1-2-14(8-16)15-9-22-12-23-10-15/h1-3,8-13H,4-7H2,(H2,21,28)(H2,24,25,26,27). The first-order valence-corrected chi connectivity index (χ1v) is 9.20. The van der Waals surface area contributed by atoms with Gasteiger partial charge < -0.3 is 16.4 Å². The molecule has 2 heterocycles. The molecule has 142 valence electrons. The van der Waals surface area contributed by atoms with E-state index in [1.807, 2.05) is 30.5 Å². The first kappa shape index (κ1) is 17.8. The highest BCUT2D eigenvalue weighted by Crippen LogP contribution is 2.42. The maximum absolute atomic E-state index is 11.0. The van der Waals surface area contributed by atoms with Crippen molar-refractivity contribution in [2.45, 2.75) is 25.2 Å². The molecule has 0 aliphatic heterocycles. The van der Waals surface area contributed by atoms with Crippen molar-refractivity contribution in [1.29, 1.82) is 0 Å². The van der Waals surface area contributed by atoms with Gasteiger partial charge in [-0.1, -0.05) is 12.1 Å². The van der Waals surface area contributed by atoms with Crippen molar-refractivity contribution in [3.63, 3.8) is 0 Å². The number of hydrogen-bond donors (Lipinski definition) is 3. The van der Waals surface area contributed by atoms with Gasteiger partial charge in [0.1, 0.15) is 12.1 Å². The van der Waals surface area contributed by atoms with Gasteiger partial charge in [0.25, 0.3) is 0 Å². The van der Waals surface area contributed by atoms with Crippen LogP contribution in [-0.4, -0.2) is 32.4 Å². The fourth-order valence-corrected chi connectivity index (χ4v) is 2.94. The van der Waals surface area contributed by atoms with Gasteiger partial charge in [-0.2, -0.15) is 4.98 Å². The average molecular weight is 375 g/mol. The molecule has 0 bridgehead atoms. The monoisotopic (exact) mass is 375 g/mol. The Morgan fingerprint density at radius 2 is 1.96 bits per heavy atom. The van der Waals surface area contributed by atoms with E-state index < -0.39 is 0 Å². The predicted octanol–water partition coefficient (Wildman–Crippen LogP) is 2.84. The van der Waals surface area contributed by atoms with E-state index in [2.05, 4.69) is 30.6 Å². The number of rotatable bonds is 8. The quantitative estimate of drug-likeness (QED) is 0.554. The molecule has 1 amide bonds. The Labute approximate surface area is 162 Å². The second kappa shape index (κ2) is 7.99. The smallest absolute Gasteiger partial charge is 0.229 e. The number of carbonyl (C=O) groups is 1. The highest BCUT2D eigenvalue weighted by molar-refractivity contribution is 5.74. The number of anilines is 3. The zero-order chi connectivity index (χ0) is 19.3. The van der Waals surface area contributed by atoms with E-state index in [1.165, 1.54) is 6.33 Å². The number of primary amides is 1. The minimum Gasteiger partial charge on any atom is -0.370 e. The summed E-state index contributed by atoms with van der Waals surface area (Å²) in [7, 11) is 0. The van der Waals surface area contributed by atoms with Crippen molar-refractivity contribution < 1.29 is 4.79 Å². The summed E-state index contributed by atoms with van der Waals surface area (Å²) in [5, 5.41) is 6.47. The van der Waals surface area contributed by atoms with Gasteiger partial charge in [0.05, 0.1) is 0 Å². The molecule has 8 nitrogen and oxygen atoms in total. The van der Waals surface area contributed by atoms with Crippen LogP contribution in [0.4, 0.5) is 17.5 Å². The number of benzene rings is 1. The molecule has 4 N–H and O–H groups in total. The molecular weight excluding hydrogens is 354 g/mol. The largest absolute Gasteiger partial charge is 0.370 e. The van der Waals surface area contributed by atoms with Crippen LogP contribution in [0.25, 0.3) is 11.1 Å². The Morgan fingerprint density at radius 3 is 2.71 bits per heavy atom. The van der Waals surface area contributed by atoms with Crippen molar-refractivity contribution >= 4 is 23.4 Å². The fraction of sp³-hybridized carbons (Fsp3) is 0.250. The van der Waals surface area contributed by atoms with Crippen LogP contribution in [0.1, 0.15) is 30.7 Å². The van der Waals surface area contributed by atoms with Gasteiger partial charge in [-0.3, -0.25) is 4.79 Å². The van der Waals surface area contributed by atoms with E-state index >= 15 is 0 Å². The van der Waals surface area contributed by atoms with E-state index in [-0.39, 0.29) is 12.3 Å². The molecule has 0 spiro atoms. The fourth-order valence-electron chi connectivity index (χ4n) is 2.94. The topological polar surface area (TPSA) is 119 Å². The van der Waals surface area contributed by atoms with Gasteiger partial charge in [0, 0.05) is 48.4 Å². The van der Waals surface area contributed by atoms with Crippen LogP contribution in [0.2, 0.25) is 0 Å². The molecule has 1 aliphatic carbocycles. The molecule has 1 saturated carbocycles. The Balaban J connectivity index is 1.54. The maximum Gasteiger partial charge on any atom is 0.229 e. The minimum absolute atomic E-state index is 0.262. The molecule has 2 aromatic heterocycles. The van der Waals surface area contributed by atoms with E-state index in [0.29, 0.717) is 18.4 Å². The van der Waals surface area contributed by atoms with Gasteiger partial charge in [-0.15, -0.1) is 0 Å². The number of nitrogens with two attached hydrogens (primary N) is 1. The van der Waals surface area contributed by atoms with Gasteiger partial charge >= 0.3 is 0 Å². The summed E-state index contributed by atoms with van der Waals surface area (Å²) >= 11 is 0. The first-order valence-electron chi connectivity index (χ1n) is 9.20. The highest BCUT2D eigenvalue weighted by atomic mass is 16.1. The van der Waals surface area contributed by atoms with Crippen LogP contribution < -0.4 is 16.4 Å². The van der Waals surface area contributed by atoms with E-state index in [1.54, 1.807) is 12.4 Å². The van der Waals surface area contributed by atoms with Gasteiger partial charge in [0.2, 0.25) is 11.9 Å². The summed E-state index contributed by atoms with van der Waals surface area (Å²) in [4.78, 5) is 28.2. The predicted molar refractivity (Wildman–Crippen MR) is 107 cm³/mol. The maximum atomic E-state index is 11.0. The van der Waals surface area contributed by atoms with Crippen LogP contribution in [0.15, 0.2) is 49.2 Å². The van der Waals surface area contributed by atoms with Crippen LogP contribution in [-0.2, 0) is 4.79 Å². The third-order valence-electron chi connectivity index (χ3n) is 4.51. The molecule has 3 aromatic rings. The molecule has 0 saturated heterocycles. The summed E-state index contributed by atoms with van der Waals surface area (Å²) in [6, 6.07) is 7.90. The average Bonchev–Trinajstić information content (AvgIpc) is 3.54. The summed E-state index contributed by atoms with van der Waals surface area (Å²) < 4.78 is 0. The number of nitrogens with one attached hydrogen (secondary N) is 2. The van der Waals surface area contributed by atoms with E-state index in [9.17, 15) is 4.79 Å². The zero-order valence-electron chi connectivity index (χ0n) is 15.3. The second-order valence-corrected chi connectivity index (χ2v) is 6.75. The number of aromatic nitrogens is 4. The Kier molecular flexibility index (Phi) is 5.09.